The van der Waals surface area contributed by atoms with E-state index in [2.05, 4.69) is 42.6 Å². The monoisotopic (exact) mass is 502 g/mol. The van der Waals surface area contributed by atoms with Crippen molar-refractivity contribution in [3.63, 3.8) is 0 Å². The summed E-state index contributed by atoms with van der Waals surface area (Å²) in [6.45, 7) is 2.95. The maximum absolute atomic E-state index is 5.57. The first-order valence-corrected chi connectivity index (χ1v) is 12.3. The molecule has 6 aromatic rings. The first kappa shape index (κ1) is 22.2. The maximum Gasteiger partial charge on any atom is 0.206 e. The Kier molecular flexibility index (Phi) is 5.52. The van der Waals surface area contributed by atoms with Crippen molar-refractivity contribution < 1.29 is 4.74 Å². The van der Waals surface area contributed by atoms with Crippen LogP contribution in [0.3, 0.4) is 0 Å². The summed E-state index contributed by atoms with van der Waals surface area (Å²) in [4.78, 5) is 16.6. The van der Waals surface area contributed by atoms with Gasteiger partial charge in [-0.15, -0.1) is 10.2 Å². The number of ether oxygens (including phenoxy) is 1. The Morgan fingerprint density at radius 1 is 0.921 bits per heavy atom. The molecule has 0 amide bonds. The van der Waals surface area contributed by atoms with Crippen LogP contribution in [0.4, 0.5) is 5.69 Å². The summed E-state index contributed by atoms with van der Waals surface area (Å²) >= 11 is 0. The molecule has 1 fully saturated rings. The second-order valence-electron chi connectivity index (χ2n) is 8.86. The lowest BCUT2D eigenvalue weighted by molar-refractivity contribution is 0.123. The summed E-state index contributed by atoms with van der Waals surface area (Å²) in [5.41, 5.74) is 6.69. The van der Waals surface area contributed by atoms with Crippen molar-refractivity contribution in [2.75, 3.05) is 31.2 Å². The van der Waals surface area contributed by atoms with Crippen molar-refractivity contribution in [2.24, 2.45) is 0 Å². The van der Waals surface area contributed by atoms with Crippen LogP contribution in [0, 0.1) is 0 Å². The van der Waals surface area contributed by atoms with Crippen LogP contribution in [0.5, 0.6) is 0 Å². The van der Waals surface area contributed by atoms with E-state index in [1.54, 1.807) is 18.6 Å². The van der Waals surface area contributed by atoms with E-state index in [1.807, 2.05) is 53.1 Å². The molecule has 38 heavy (non-hydrogen) atoms. The predicted molar refractivity (Wildman–Crippen MR) is 143 cm³/mol. The molecule has 0 bridgehead atoms. The standard InChI is InChI=1S/C27H22N10O/c1-2-4-22-18(3-1)5-6-21(30-22)7-8-23-25(19-15-20(17-28-16-19)26-32-34-35-33-26)37-27(31-23)24(9-10-29-37)36-11-13-38-14-12-36/h1-10,15-17H,11-14H2,(H,32,33,34,35)/b8-7+. The van der Waals surface area contributed by atoms with Gasteiger partial charge in [-0.25, -0.2) is 14.5 Å². The lowest BCUT2D eigenvalue weighted by Crippen LogP contribution is -2.36. The molecule has 0 unspecified atom stereocenters. The largest absolute Gasteiger partial charge is 0.378 e. The van der Waals surface area contributed by atoms with Crippen LogP contribution in [0.2, 0.25) is 0 Å². The van der Waals surface area contributed by atoms with Gasteiger partial charge < -0.3 is 9.64 Å². The number of fused-ring (bicyclic) bond motifs is 2. The number of nitrogens with zero attached hydrogens (tertiary/aromatic N) is 9. The van der Waals surface area contributed by atoms with E-state index < -0.39 is 0 Å². The summed E-state index contributed by atoms with van der Waals surface area (Å²) in [5, 5.41) is 20.2. The molecule has 1 aliphatic rings. The molecule has 0 aliphatic carbocycles. The van der Waals surface area contributed by atoms with Gasteiger partial charge in [0.2, 0.25) is 5.82 Å². The van der Waals surface area contributed by atoms with Crippen molar-refractivity contribution in [2.45, 2.75) is 0 Å². The molecular weight excluding hydrogens is 480 g/mol. The number of benzene rings is 1. The summed E-state index contributed by atoms with van der Waals surface area (Å²) in [6.07, 6.45) is 9.26. The molecule has 1 N–H and O–H groups in total. The molecule has 0 radical (unpaired) electrons. The second-order valence-corrected chi connectivity index (χ2v) is 8.86. The third-order valence-corrected chi connectivity index (χ3v) is 6.52. The van der Waals surface area contributed by atoms with Crippen molar-refractivity contribution in [1.82, 2.24) is 45.2 Å². The minimum atomic E-state index is 0.465. The zero-order valence-corrected chi connectivity index (χ0v) is 20.3. The molecule has 1 saturated heterocycles. The quantitative estimate of drug-likeness (QED) is 0.377. The predicted octanol–water partition coefficient (Wildman–Crippen LogP) is 3.53. The molecule has 11 heteroatoms. The van der Waals surface area contributed by atoms with E-state index in [1.165, 1.54) is 0 Å². The van der Waals surface area contributed by atoms with Gasteiger partial charge >= 0.3 is 0 Å². The average molecular weight is 503 g/mol. The minimum absolute atomic E-state index is 0.465. The molecule has 6 heterocycles. The van der Waals surface area contributed by atoms with E-state index in [0.717, 1.165) is 63.5 Å². The fourth-order valence-corrected chi connectivity index (χ4v) is 4.70. The number of nitrogens with one attached hydrogen (secondary N) is 1. The highest BCUT2D eigenvalue weighted by Gasteiger charge is 2.21. The topological polar surface area (TPSA) is 123 Å². The van der Waals surface area contributed by atoms with Crippen LogP contribution in [-0.2, 0) is 4.74 Å². The highest BCUT2D eigenvalue weighted by atomic mass is 16.5. The highest BCUT2D eigenvalue weighted by molar-refractivity contribution is 5.85. The van der Waals surface area contributed by atoms with Gasteiger partial charge in [0.15, 0.2) is 5.65 Å². The number of morpholine rings is 1. The van der Waals surface area contributed by atoms with E-state index in [-0.39, 0.29) is 0 Å². The fourth-order valence-electron chi connectivity index (χ4n) is 4.70. The van der Waals surface area contributed by atoms with Gasteiger partial charge in [-0.2, -0.15) is 10.3 Å². The molecule has 11 nitrogen and oxygen atoms in total. The number of tetrazole rings is 1. The third-order valence-electron chi connectivity index (χ3n) is 6.52. The van der Waals surface area contributed by atoms with E-state index in [0.29, 0.717) is 19.0 Å². The zero-order chi connectivity index (χ0) is 25.3. The van der Waals surface area contributed by atoms with Gasteiger partial charge in [-0.3, -0.25) is 4.98 Å². The van der Waals surface area contributed by atoms with Crippen molar-refractivity contribution in [3.8, 4) is 22.6 Å². The van der Waals surface area contributed by atoms with Crippen LogP contribution >= 0.6 is 0 Å². The SMILES string of the molecule is C(=C\c1nc2c(N3CCOCC3)ccnn2c1-c1cncc(-c2nn[nH]n2)c1)/c1ccc2ccccc2n1. The Labute approximate surface area is 216 Å². The summed E-state index contributed by atoms with van der Waals surface area (Å²) in [6, 6.07) is 16.1. The van der Waals surface area contributed by atoms with Crippen LogP contribution in [0.25, 0.3) is 51.3 Å². The van der Waals surface area contributed by atoms with Gasteiger partial charge in [0.25, 0.3) is 0 Å². The van der Waals surface area contributed by atoms with Crippen LogP contribution in [-0.4, -0.2) is 71.5 Å². The number of aromatic amines is 1. The molecular formula is C27H22N10O. The maximum atomic E-state index is 5.57. The molecule has 1 aliphatic heterocycles. The van der Waals surface area contributed by atoms with Gasteiger partial charge in [0, 0.05) is 42.0 Å². The van der Waals surface area contributed by atoms with Gasteiger partial charge in [0.05, 0.1) is 42.0 Å². The van der Waals surface area contributed by atoms with Crippen molar-refractivity contribution in [1.29, 1.82) is 0 Å². The number of imidazole rings is 1. The number of anilines is 1. The lowest BCUT2D eigenvalue weighted by atomic mass is 10.1. The van der Waals surface area contributed by atoms with Crippen molar-refractivity contribution >= 4 is 34.4 Å². The van der Waals surface area contributed by atoms with E-state index in [4.69, 9.17) is 19.8 Å². The number of hydrogen-bond acceptors (Lipinski definition) is 9. The molecule has 0 saturated carbocycles. The van der Waals surface area contributed by atoms with E-state index in [9.17, 15) is 0 Å². The first-order valence-electron chi connectivity index (χ1n) is 12.3. The normalized spacial score (nSPS) is 14.2. The molecule has 186 valence electrons. The minimum Gasteiger partial charge on any atom is -0.378 e. The fraction of sp³-hybridized carbons (Fsp3) is 0.148. The van der Waals surface area contributed by atoms with Crippen LogP contribution in [0.1, 0.15) is 11.4 Å². The third kappa shape index (κ3) is 4.04. The second kappa shape index (κ2) is 9.45. The molecule has 7 rings (SSSR count). The Bertz CT molecular complexity index is 1770. The zero-order valence-electron chi connectivity index (χ0n) is 20.3. The van der Waals surface area contributed by atoms with Gasteiger partial charge in [0.1, 0.15) is 5.69 Å². The summed E-state index contributed by atoms with van der Waals surface area (Å²) < 4.78 is 7.44. The Balaban J connectivity index is 1.38. The Hall–Kier alpha value is -5.03. The number of H-pyrrole nitrogens is 1. The molecule has 0 atom stereocenters. The number of rotatable bonds is 5. The number of aromatic nitrogens is 9. The average Bonchev–Trinajstić information content (AvgIpc) is 3.65. The highest BCUT2D eigenvalue weighted by Crippen LogP contribution is 2.32. The smallest absolute Gasteiger partial charge is 0.206 e. The van der Waals surface area contributed by atoms with Gasteiger partial charge in [-0.05, 0) is 41.6 Å². The first-order chi connectivity index (χ1) is 18.8. The lowest BCUT2D eigenvalue weighted by Gasteiger charge is -2.28. The molecule has 5 aromatic heterocycles. The van der Waals surface area contributed by atoms with Gasteiger partial charge in [-0.1, -0.05) is 24.3 Å². The van der Waals surface area contributed by atoms with E-state index >= 15 is 0 Å². The van der Waals surface area contributed by atoms with Crippen LogP contribution < -0.4 is 4.90 Å². The Morgan fingerprint density at radius 3 is 2.71 bits per heavy atom. The molecule has 0 spiro atoms. The van der Waals surface area contributed by atoms with Crippen molar-refractivity contribution in [3.05, 3.63) is 78.5 Å². The summed E-state index contributed by atoms with van der Waals surface area (Å²) in [5.74, 6) is 0.465. The van der Waals surface area contributed by atoms with Crippen LogP contribution in [0.15, 0.2) is 67.1 Å². The Morgan fingerprint density at radius 2 is 1.82 bits per heavy atom. The number of para-hydroxylation sites is 1. The summed E-state index contributed by atoms with van der Waals surface area (Å²) in [7, 11) is 0. The molecule has 1 aromatic carbocycles. The number of pyridine rings is 2. The number of hydrogen-bond donors (Lipinski definition) is 1.